The zero-order valence-corrected chi connectivity index (χ0v) is 13.3. The molecule has 1 amide bonds. The molecule has 0 unspecified atom stereocenters. The minimum atomic E-state index is -1.66. The number of carbonyl (C=O) groups excluding carboxylic acids is 1. The monoisotopic (exact) mass is 344 g/mol. The summed E-state index contributed by atoms with van der Waals surface area (Å²) in [6.45, 7) is 2.96. The number of piperidine rings is 1. The van der Waals surface area contributed by atoms with Gasteiger partial charge in [0.25, 0.3) is 5.91 Å². The maximum absolute atomic E-state index is 13.7. The second-order valence-electron chi connectivity index (χ2n) is 5.70. The summed E-state index contributed by atoms with van der Waals surface area (Å²) in [5.74, 6) is -6.09. The lowest BCUT2D eigenvalue weighted by atomic mass is 10.0. The van der Waals surface area contributed by atoms with E-state index in [2.05, 4.69) is 0 Å². The fraction of sp³-hybridized carbons (Fsp3) is 0.500. The summed E-state index contributed by atoms with van der Waals surface area (Å²) in [7, 11) is 0. The molecule has 0 saturated carbocycles. The number of aliphatic carboxylic acids is 1. The molecule has 0 radical (unpaired) electrons. The second-order valence-corrected chi connectivity index (χ2v) is 5.70. The number of nitrogens with zero attached hydrogens (tertiary/aromatic N) is 2. The Morgan fingerprint density at radius 2 is 1.83 bits per heavy atom. The number of hydrogen-bond acceptors (Lipinski definition) is 3. The molecule has 132 valence electrons. The van der Waals surface area contributed by atoms with E-state index in [1.807, 2.05) is 11.8 Å². The minimum absolute atomic E-state index is 0.0185. The molecular formula is C16H19F3N2O3. The van der Waals surface area contributed by atoms with Gasteiger partial charge in [0.15, 0.2) is 17.5 Å². The van der Waals surface area contributed by atoms with Crippen LogP contribution < -0.4 is 0 Å². The van der Waals surface area contributed by atoms with Crippen LogP contribution in [-0.4, -0.2) is 59.0 Å². The first-order valence-corrected chi connectivity index (χ1v) is 7.73. The van der Waals surface area contributed by atoms with Crippen molar-refractivity contribution in [3.63, 3.8) is 0 Å². The van der Waals surface area contributed by atoms with Gasteiger partial charge in [0.1, 0.15) is 0 Å². The molecule has 1 fully saturated rings. The highest BCUT2D eigenvalue weighted by Crippen LogP contribution is 2.21. The summed E-state index contributed by atoms with van der Waals surface area (Å²) in [6, 6.07) is 1.68. The van der Waals surface area contributed by atoms with Gasteiger partial charge in [0, 0.05) is 19.1 Å². The smallest absolute Gasteiger partial charge is 0.317 e. The first kappa shape index (κ1) is 18.3. The molecule has 5 nitrogen and oxygen atoms in total. The number of rotatable bonds is 5. The van der Waals surface area contributed by atoms with E-state index in [1.54, 1.807) is 0 Å². The number of likely N-dealkylation sites (N-methyl/N-ethyl adjacent to an activating group) is 1. The van der Waals surface area contributed by atoms with Gasteiger partial charge in [-0.2, -0.15) is 0 Å². The van der Waals surface area contributed by atoms with Crippen LogP contribution in [0, 0.1) is 17.5 Å². The third-order valence-corrected chi connectivity index (χ3v) is 4.28. The summed E-state index contributed by atoms with van der Waals surface area (Å²) in [5.41, 5.74) is -0.495. The summed E-state index contributed by atoms with van der Waals surface area (Å²) < 4.78 is 40.0. The van der Waals surface area contributed by atoms with Crippen LogP contribution in [0.1, 0.15) is 30.1 Å². The van der Waals surface area contributed by atoms with Gasteiger partial charge in [-0.25, -0.2) is 13.2 Å². The molecule has 0 atom stereocenters. The Morgan fingerprint density at radius 1 is 1.21 bits per heavy atom. The Labute approximate surface area is 137 Å². The molecule has 1 aliphatic heterocycles. The predicted octanol–water partition coefficient (Wildman–Crippen LogP) is 2.12. The molecule has 1 saturated heterocycles. The molecule has 8 heteroatoms. The van der Waals surface area contributed by atoms with Gasteiger partial charge in [0.05, 0.1) is 12.1 Å². The van der Waals surface area contributed by atoms with Crippen LogP contribution in [0.3, 0.4) is 0 Å². The standard InChI is InChI=1S/C16H19F3N2O3/c1-2-20(9-13(22)23)10-5-7-21(8-6-10)16(24)11-3-4-12(17)15(19)14(11)18/h3-4,10H,2,5-9H2,1H3,(H,22,23). The molecular weight excluding hydrogens is 325 g/mol. The van der Waals surface area contributed by atoms with Gasteiger partial charge in [-0.05, 0) is 31.5 Å². The molecule has 1 heterocycles. The molecule has 1 N–H and O–H groups in total. The van der Waals surface area contributed by atoms with Crippen molar-refractivity contribution in [2.24, 2.45) is 0 Å². The first-order valence-electron chi connectivity index (χ1n) is 7.73. The van der Waals surface area contributed by atoms with Gasteiger partial charge < -0.3 is 10.0 Å². The molecule has 0 aliphatic carbocycles. The number of hydrogen-bond donors (Lipinski definition) is 1. The van der Waals surface area contributed by atoms with E-state index in [0.29, 0.717) is 32.5 Å². The van der Waals surface area contributed by atoms with Crippen LogP contribution >= 0.6 is 0 Å². The summed E-state index contributed by atoms with van der Waals surface area (Å²) in [6.07, 6.45) is 1.08. The largest absolute Gasteiger partial charge is 0.480 e. The third-order valence-electron chi connectivity index (χ3n) is 4.28. The van der Waals surface area contributed by atoms with Crippen LogP contribution in [0.2, 0.25) is 0 Å². The first-order chi connectivity index (χ1) is 11.3. The molecule has 0 aromatic heterocycles. The lowest BCUT2D eigenvalue weighted by Crippen LogP contribution is -2.48. The Morgan fingerprint density at radius 3 is 2.38 bits per heavy atom. The van der Waals surface area contributed by atoms with Crippen LogP contribution in [0.4, 0.5) is 13.2 Å². The second kappa shape index (κ2) is 7.65. The maximum Gasteiger partial charge on any atom is 0.317 e. The van der Waals surface area contributed by atoms with Crippen LogP contribution in [0.15, 0.2) is 12.1 Å². The number of carboxylic acid groups (broad SMARTS) is 1. The van der Waals surface area contributed by atoms with Crippen LogP contribution in [-0.2, 0) is 4.79 Å². The third kappa shape index (κ3) is 3.87. The van der Waals surface area contributed by atoms with Gasteiger partial charge in [-0.1, -0.05) is 6.92 Å². The van der Waals surface area contributed by atoms with Crippen molar-refractivity contribution >= 4 is 11.9 Å². The zero-order chi connectivity index (χ0) is 17.9. The minimum Gasteiger partial charge on any atom is -0.480 e. The number of halogens is 3. The lowest BCUT2D eigenvalue weighted by Gasteiger charge is -2.37. The predicted molar refractivity (Wildman–Crippen MR) is 80.1 cm³/mol. The van der Waals surface area contributed by atoms with E-state index in [1.165, 1.54) is 4.90 Å². The van der Waals surface area contributed by atoms with Crippen molar-refractivity contribution in [1.82, 2.24) is 9.80 Å². The number of carbonyl (C=O) groups is 2. The summed E-state index contributed by atoms with van der Waals surface area (Å²) >= 11 is 0. The molecule has 24 heavy (non-hydrogen) atoms. The van der Waals surface area contributed by atoms with Gasteiger partial charge in [-0.15, -0.1) is 0 Å². The van der Waals surface area contributed by atoms with E-state index < -0.39 is 34.9 Å². The molecule has 2 rings (SSSR count). The van der Waals surface area contributed by atoms with Crippen molar-refractivity contribution in [3.05, 3.63) is 35.1 Å². The Kier molecular flexibility index (Phi) is 5.82. The van der Waals surface area contributed by atoms with Crippen molar-refractivity contribution in [2.75, 3.05) is 26.2 Å². The van der Waals surface area contributed by atoms with E-state index >= 15 is 0 Å². The van der Waals surface area contributed by atoms with Crippen molar-refractivity contribution < 1.29 is 27.9 Å². The zero-order valence-electron chi connectivity index (χ0n) is 13.3. The average Bonchev–Trinajstić information content (AvgIpc) is 2.57. The van der Waals surface area contributed by atoms with Crippen LogP contribution in [0.5, 0.6) is 0 Å². The Balaban J connectivity index is 2.03. The van der Waals surface area contributed by atoms with Gasteiger partial charge in [0.2, 0.25) is 0 Å². The Bertz CT molecular complexity index is 631. The number of amides is 1. The van der Waals surface area contributed by atoms with Crippen LogP contribution in [0.25, 0.3) is 0 Å². The van der Waals surface area contributed by atoms with E-state index in [0.717, 1.165) is 12.1 Å². The molecule has 1 aliphatic rings. The number of likely N-dealkylation sites (tertiary alicyclic amines) is 1. The number of benzene rings is 1. The average molecular weight is 344 g/mol. The maximum atomic E-state index is 13.7. The summed E-state index contributed by atoms with van der Waals surface area (Å²) in [4.78, 5) is 26.3. The topological polar surface area (TPSA) is 60.9 Å². The molecule has 1 aromatic rings. The fourth-order valence-corrected chi connectivity index (χ4v) is 2.97. The van der Waals surface area contributed by atoms with Gasteiger partial charge >= 0.3 is 5.97 Å². The highest BCUT2D eigenvalue weighted by molar-refractivity contribution is 5.94. The Hall–Kier alpha value is -2.09. The molecule has 0 bridgehead atoms. The van der Waals surface area contributed by atoms with Crippen molar-refractivity contribution in [1.29, 1.82) is 0 Å². The molecule has 0 spiro atoms. The quantitative estimate of drug-likeness (QED) is 0.831. The fourth-order valence-electron chi connectivity index (χ4n) is 2.97. The summed E-state index contributed by atoms with van der Waals surface area (Å²) in [5, 5.41) is 8.90. The van der Waals surface area contributed by atoms with Gasteiger partial charge in [-0.3, -0.25) is 14.5 Å². The van der Waals surface area contributed by atoms with E-state index in [-0.39, 0.29) is 12.6 Å². The van der Waals surface area contributed by atoms with Crippen molar-refractivity contribution in [2.45, 2.75) is 25.8 Å². The van der Waals surface area contributed by atoms with E-state index in [4.69, 9.17) is 5.11 Å². The van der Waals surface area contributed by atoms with E-state index in [9.17, 15) is 22.8 Å². The number of carboxylic acids is 1. The lowest BCUT2D eigenvalue weighted by molar-refractivity contribution is -0.139. The highest BCUT2D eigenvalue weighted by atomic mass is 19.2. The SMILES string of the molecule is CCN(CC(=O)O)C1CCN(C(=O)c2ccc(F)c(F)c2F)CC1. The molecule has 1 aromatic carbocycles. The van der Waals surface area contributed by atoms with Crippen molar-refractivity contribution in [3.8, 4) is 0 Å². The normalized spacial score (nSPS) is 15.8. The highest BCUT2D eigenvalue weighted by Gasteiger charge is 2.29.